The molecule has 0 bridgehead atoms. The Hall–Kier alpha value is -3.34. The Morgan fingerprint density at radius 1 is 1.20 bits per heavy atom. The summed E-state index contributed by atoms with van der Waals surface area (Å²) in [4.78, 5) is 28.2. The van der Waals surface area contributed by atoms with Gasteiger partial charge in [-0.1, -0.05) is 0 Å². The highest BCUT2D eigenvalue weighted by Crippen LogP contribution is 2.20. The molecular formula is C17H17N7O. The fourth-order valence-corrected chi connectivity index (χ4v) is 3.15. The van der Waals surface area contributed by atoms with Gasteiger partial charge in [-0.15, -0.1) is 0 Å². The van der Waals surface area contributed by atoms with Crippen LogP contribution in [0.4, 0.5) is 11.8 Å². The molecule has 1 N–H and O–H groups in total. The number of aromatic nitrogens is 4. The monoisotopic (exact) mass is 335 g/mol. The maximum atomic E-state index is 12.2. The van der Waals surface area contributed by atoms with Gasteiger partial charge in [0.1, 0.15) is 17.5 Å². The van der Waals surface area contributed by atoms with Crippen molar-refractivity contribution in [1.29, 1.82) is 5.26 Å². The minimum Gasteiger partial charge on any atom is -0.352 e. The normalized spacial score (nSPS) is 14.7. The van der Waals surface area contributed by atoms with Gasteiger partial charge in [0.05, 0.1) is 10.9 Å². The zero-order chi connectivity index (χ0) is 17.4. The Kier molecular flexibility index (Phi) is 3.61. The topological polar surface area (TPSA) is 93.8 Å². The van der Waals surface area contributed by atoms with Gasteiger partial charge in [-0.05, 0) is 18.2 Å². The number of aromatic amines is 1. The summed E-state index contributed by atoms with van der Waals surface area (Å²) < 4.78 is 1.84. The zero-order valence-electron chi connectivity index (χ0n) is 13.8. The molecule has 0 unspecified atom stereocenters. The molecule has 4 rings (SSSR count). The molecule has 0 spiro atoms. The molecule has 25 heavy (non-hydrogen) atoms. The van der Waals surface area contributed by atoms with Gasteiger partial charge >= 0.3 is 0 Å². The minimum atomic E-state index is -0.125. The predicted octanol–water partition coefficient (Wildman–Crippen LogP) is 0.855. The fraction of sp³-hybridized carbons (Fsp3) is 0.294. The van der Waals surface area contributed by atoms with E-state index >= 15 is 0 Å². The Morgan fingerprint density at radius 3 is 2.72 bits per heavy atom. The molecule has 0 radical (unpaired) electrons. The molecule has 4 heterocycles. The second-order valence-corrected chi connectivity index (χ2v) is 6.01. The average molecular weight is 335 g/mol. The number of nitriles is 1. The Morgan fingerprint density at radius 2 is 1.96 bits per heavy atom. The van der Waals surface area contributed by atoms with Crippen molar-refractivity contribution in [3.63, 3.8) is 0 Å². The van der Waals surface area contributed by atoms with Crippen LogP contribution in [0.1, 0.15) is 5.56 Å². The van der Waals surface area contributed by atoms with Gasteiger partial charge in [0.25, 0.3) is 5.56 Å². The van der Waals surface area contributed by atoms with Crippen molar-refractivity contribution in [2.75, 3.05) is 36.0 Å². The van der Waals surface area contributed by atoms with E-state index in [0.29, 0.717) is 54.5 Å². The van der Waals surface area contributed by atoms with Gasteiger partial charge in [-0.2, -0.15) is 10.2 Å². The van der Waals surface area contributed by atoms with Crippen LogP contribution in [0.5, 0.6) is 0 Å². The number of piperazine rings is 1. The van der Waals surface area contributed by atoms with Crippen LogP contribution >= 0.6 is 0 Å². The highest BCUT2D eigenvalue weighted by atomic mass is 16.1. The molecule has 1 fully saturated rings. The number of aryl methyl sites for hydroxylation is 1. The second-order valence-electron chi connectivity index (χ2n) is 6.01. The first-order chi connectivity index (χ1) is 12.2. The van der Waals surface area contributed by atoms with E-state index in [1.807, 2.05) is 17.8 Å². The summed E-state index contributed by atoms with van der Waals surface area (Å²) in [6.45, 7) is 2.81. The molecule has 8 heteroatoms. The number of anilines is 2. The lowest BCUT2D eigenvalue weighted by molar-refractivity contribution is 0.634. The molecule has 8 nitrogen and oxygen atoms in total. The summed E-state index contributed by atoms with van der Waals surface area (Å²) >= 11 is 0. The Labute approximate surface area is 144 Å². The van der Waals surface area contributed by atoms with E-state index in [9.17, 15) is 10.1 Å². The van der Waals surface area contributed by atoms with Crippen molar-refractivity contribution in [3.05, 3.63) is 46.5 Å². The van der Waals surface area contributed by atoms with E-state index in [0.717, 1.165) is 0 Å². The van der Waals surface area contributed by atoms with Crippen molar-refractivity contribution in [1.82, 2.24) is 19.5 Å². The van der Waals surface area contributed by atoms with E-state index in [1.54, 1.807) is 24.4 Å². The van der Waals surface area contributed by atoms with Gasteiger partial charge < -0.3 is 14.4 Å². The van der Waals surface area contributed by atoms with E-state index < -0.39 is 0 Å². The van der Waals surface area contributed by atoms with Crippen LogP contribution in [-0.4, -0.2) is 45.7 Å². The third kappa shape index (κ3) is 2.59. The van der Waals surface area contributed by atoms with Crippen LogP contribution in [0.3, 0.4) is 0 Å². The third-order valence-corrected chi connectivity index (χ3v) is 4.51. The fourth-order valence-electron chi connectivity index (χ4n) is 3.15. The van der Waals surface area contributed by atoms with Crippen molar-refractivity contribution < 1.29 is 0 Å². The molecule has 0 aromatic carbocycles. The number of nitrogens with one attached hydrogen (secondary N) is 1. The van der Waals surface area contributed by atoms with Crippen LogP contribution in [0.25, 0.3) is 11.0 Å². The van der Waals surface area contributed by atoms with Crippen LogP contribution in [0, 0.1) is 11.3 Å². The van der Waals surface area contributed by atoms with Gasteiger partial charge in [0.15, 0.2) is 0 Å². The van der Waals surface area contributed by atoms with Crippen LogP contribution in [-0.2, 0) is 7.05 Å². The summed E-state index contributed by atoms with van der Waals surface area (Å²) in [6, 6.07) is 7.50. The molecule has 0 saturated carbocycles. The summed E-state index contributed by atoms with van der Waals surface area (Å²) in [6.07, 6.45) is 3.53. The summed E-state index contributed by atoms with van der Waals surface area (Å²) in [5.41, 5.74) is 1.13. The first kappa shape index (κ1) is 15.2. The molecular weight excluding hydrogens is 318 g/mol. The number of H-pyrrole nitrogens is 1. The first-order valence-electron chi connectivity index (χ1n) is 8.08. The minimum absolute atomic E-state index is 0.125. The molecule has 1 aliphatic rings. The number of pyridine rings is 1. The maximum absolute atomic E-state index is 12.2. The number of rotatable bonds is 2. The highest BCUT2D eigenvalue weighted by Gasteiger charge is 2.22. The van der Waals surface area contributed by atoms with E-state index in [4.69, 9.17) is 0 Å². The van der Waals surface area contributed by atoms with E-state index in [-0.39, 0.29) is 5.56 Å². The summed E-state index contributed by atoms with van der Waals surface area (Å²) in [5, 5.41) is 9.83. The molecule has 0 aliphatic carbocycles. The molecule has 3 aromatic heterocycles. The molecule has 3 aromatic rings. The largest absolute Gasteiger partial charge is 0.352 e. The molecule has 1 saturated heterocycles. The standard InChI is InChI=1S/C17H17N7O/c1-22-6-4-13-15(22)20-17(21-16(13)25)24-9-7-23(8-10-24)14-12(11-18)3-2-5-19-14/h2-6H,7-10H2,1H3,(H,20,21,25). The summed E-state index contributed by atoms with van der Waals surface area (Å²) in [5.74, 6) is 1.30. The number of hydrogen-bond donors (Lipinski definition) is 1. The lowest BCUT2D eigenvalue weighted by Gasteiger charge is -2.35. The SMILES string of the molecule is Cn1ccc2c(=O)[nH]c(N3CCN(c4ncccc4C#N)CC3)nc21. The number of hydrogen-bond acceptors (Lipinski definition) is 6. The van der Waals surface area contributed by atoms with Gasteiger partial charge in [0.2, 0.25) is 5.95 Å². The quantitative estimate of drug-likeness (QED) is 0.746. The summed E-state index contributed by atoms with van der Waals surface area (Å²) in [7, 11) is 1.88. The van der Waals surface area contributed by atoms with E-state index in [2.05, 4.69) is 30.8 Å². The molecule has 0 amide bonds. The smallest absolute Gasteiger partial charge is 0.261 e. The number of nitrogens with zero attached hydrogens (tertiary/aromatic N) is 6. The second kappa shape index (κ2) is 5.94. The first-order valence-corrected chi connectivity index (χ1v) is 8.08. The van der Waals surface area contributed by atoms with Crippen LogP contribution in [0.2, 0.25) is 0 Å². The van der Waals surface area contributed by atoms with E-state index in [1.165, 1.54) is 0 Å². The molecule has 1 aliphatic heterocycles. The van der Waals surface area contributed by atoms with Crippen molar-refractivity contribution in [2.24, 2.45) is 7.05 Å². The Balaban J connectivity index is 1.57. The van der Waals surface area contributed by atoms with Crippen molar-refractivity contribution in [3.8, 4) is 6.07 Å². The van der Waals surface area contributed by atoms with Crippen LogP contribution < -0.4 is 15.4 Å². The average Bonchev–Trinajstić information content (AvgIpc) is 3.03. The lowest BCUT2D eigenvalue weighted by atomic mass is 10.2. The molecule has 0 atom stereocenters. The van der Waals surface area contributed by atoms with Crippen molar-refractivity contribution in [2.45, 2.75) is 0 Å². The highest BCUT2D eigenvalue weighted by molar-refractivity contribution is 5.76. The van der Waals surface area contributed by atoms with Crippen LogP contribution in [0.15, 0.2) is 35.4 Å². The lowest BCUT2D eigenvalue weighted by Crippen LogP contribution is -2.48. The predicted molar refractivity (Wildman–Crippen MR) is 94.7 cm³/mol. The number of fused-ring (bicyclic) bond motifs is 1. The Bertz CT molecular complexity index is 1020. The van der Waals surface area contributed by atoms with Crippen molar-refractivity contribution >= 4 is 22.8 Å². The maximum Gasteiger partial charge on any atom is 0.261 e. The molecule has 126 valence electrons. The van der Waals surface area contributed by atoms with Gasteiger partial charge in [0, 0.05) is 45.6 Å². The van der Waals surface area contributed by atoms with Gasteiger partial charge in [-0.25, -0.2) is 4.98 Å². The third-order valence-electron chi connectivity index (χ3n) is 4.51. The zero-order valence-corrected chi connectivity index (χ0v) is 13.8. The van der Waals surface area contributed by atoms with Gasteiger partial charge in [-0.3, -0.25) is 9.78 Å².